The third-order valence-corrected chi connectivity index (χ3v) is 5.25. The first kappa shape index (κ1) is 23.9. The predicted molar refractivity (Wildman–Crippen MR) is 129 cm³/mol. The second-order valence-electron chi connectivity index (χ2n) is 8.44. The van der Waals surface area contributed by atoms with Crippen LogP contribution in [0.4, 0.5) is 0 Å². The Kier molecular flexibility index (Phi) is 8.90. The molecule has 1 aliphatic rings. The maximum absolute atomic E-state index is 9.57. The van der Waals surface area contributed by atoms with Crippen LogP contribution in [0.3, 0.4) is 0 Å². The SMILES string of the molecule is C=C(/C=C/C)c1ccc2c(c1)c(CC(C)(C)CO)cn2CC.C=CNN1CCCN1. The van der Waals surface area contributed by atoms with E-state index >= 15 is 0 Å². The fourth-order valence-corrected chi connectivity index (χ4v) is 3.59. The molecule has 5 heteroatoms. The Morgan fingerprint density at radius 1 is 1.37 bits per heavy atom. The minimum Gasteiger partial charge on any atom is -0.396 e. The quantitative estimate of drug-likeness (QED) is 0.554. The highest BCUT2D eigenvalue weighted by molar-refractivity contribution is 5.88. The van der Waals surface area contributed by atoms with Gasteiger partial charge < -0.3 is 15.1 Å². The number of aliphatic hydroxyl groups excluding tert-OH is 1. The molecule has 1 aliphatic heterocycles. The summed E-state index contributed by atoms with van der Waals surface area (Å²) < 4.78 is 2.28. The van der Waals surface area contributed by atoms with Crippen LogP contribution in [0.25, 0.3) is 16.5 Å². The molecule has 0 radical (unpaired) electrons. The van der Waals surface area contributed by atoms with Crippen molar-refractivity contribution in [2.45, 2.75) is 47.1 Å². The number of nitrogens with one attached hydrogen (secondary N) is 2. The number of allylic oxidation sites excluding steroid dienone is 3. The van der Waals surface area contributed by atoms with Gasteiger partial charge in [-0.05, 0) is 60.9 Å². The van der Waals surface area contributed by atoms with Crippen LogP contribution in [0.2, 0.25) is 0 Å². The van der Waals surface area contributed by atoms with E-state index in [1.54, 1.807) is 6.20 Å². The first-order valence-electron chi connectivity index (χ1n) is 10.8. The number of hydrogen-bond acceptors (Lipinski definition) is 4. The van der Waals surface area contributed by atoms with Crippen molar-refractivity contribution in [3.8, 4) is 0 Å². The van der Waals surface area contributed by atoms with Gasteiger partial charge in [0.05, 0.1) is 0 Å². The molecule has 5 nitrogen and oxygen atoms in total. The Morgan fingerprint density at radius 2 is 2.13 bits per heavy atom. The molecule has 3 N–H and O–H groups in total. The van der Waals surface area contributed by atoms with Gasteiger partial charge in [0.15, 0.2) is 0 Å². The largest absolute Gasteiger partial charge is 0.396 e. The summed E-state index contributed by atoms with van der Waals surface area (Å²) >= 11 is 0. The zero-order valence-corrected chi connectivity index (χ0v) is 19.0. The Labute approximate surface area is 181 Å². The summed E-state index contributed by atoms with van der Waals surface area (Å²) in [6.45, 7) is 19.3. The van der Waals surface area contributed by atoms with Gasteiger partial charge in [-0.25, -0.2) is 5.43 Å². The Balaban J connectivity index is 0.000000335. The topological polar surface area (TPSA) is 52.5 Å². The zero-order chi connectivity index (χ0) is 22.1. The second kappa shape index (κ2) is 11.2. The average molecular weight is 411 g/mol. The molecule has 0 aliphatic carbocycles. The van der Waals surface area contributed by atoms with Gasteiger partial charge in [0, 0.05) is 49.5 Å². The maximum Gasteiger partial charge on any atom is 0.0485 e. The summed E-state index contributed by atoms with van der Waals surface area (Å²) in [4.78, 5) is 0. The smallest absolute Gasteiger partial charge is 0.0485 e. The number of aromatic nitrogens is 1. The summed E-state index contributed by atoms with van der Waals surface area (Å²) in [5, 5.41) is 12.8. The third-order valence-electron chi connectivity index (χ3n) is 5.25. The first-order valence-corrected chi connectivity index (χ1v) is 10.8. The zero-order valence-electron chi connectivity index (χ0n) is 19.0. The van der Waals surface area contributed by atoms with E-state index in [-0.39, 0.29) is 12.0 Å². The lowest BCUT2D eigenvalue weighted by Gasteiger charge is -2.21. The van der Waals surface area contributed by atoms with Crippen LogP contribution >= 0.6 is 0 Å². The van der Waals surface area contributed by atoms with Crippen molar-refractivity contribution in [2.75, 3.05) is 19.7 Å². The standard InChI is InChI=1S/C20H27NO.C5H11N3/c1-6-8-15(3)16-9-10-19-18(11-16)17(13-21(19)7-2)12-20(4,5)14-22;1-2-6-8-5-3-4-7-8/h6,8-11,13,22H,3,7,12,14H2,1-2,4-5H3;2,6-7H,1,3-5H2/b8-6+;. The minimum absolute atomic E-state index is 0.108. The summed E-state index contributed by atoms with van der Waals surface area (Å²) in [7, 11) is 0. The second-order valence-corrected chi connectivity index (χ2v) is 8.44. The number of benzene rings is 1. The van der Waals surface area contributed by atoms with E-state index in [0.717, 1.165) is 37.2 Å². The number of fused-ring (bicyclic) bond motifs is 1. The Morgan fingerprint density at radius 3 is 2.70 bits per heavy atom. The number of aryl methyl sites for hydroxylation is 1. The molecular weight excluding hydrogens is 372 g/mol. The minimum atomic E-state index is -0.108. The lowest BCUT2D eigenvalue weighted by atomic mass is 9.86. The highest BCUT2D eigenvalue weighted by atomic mass is 16.3. The van der Waals surface area contributed by atoms with E-state index in [9.17, 15) is 5.11 Å². The van der Waals surface area contributed by atoms with Gasteiger partial charge in [0.1, 0.15) is 0 Å². The van der Waals surface area contributed by atoms with E-state index in [2.05, 4.69) is 73.7 Å². The van der Waals surface area contributed by atoms with Crippen LogP contribution in [0.5, 0.6) is 0 Å². The van der Waals surface area contributed by atoms with Gasteiger partial charge in [0.2, 0.25) is 0 Å². The highest BCUT2D eigenvalue weighted by Crippen LogP contribution is 2.30. The maximum atomic E-state index is 9.57. The molecule has 1 fully saturated rings. The predicted octanol–water partition coefficient (Wildman–Crippen LogP) is 4.66. The average Bonchev–Trinajstić information content (AvgIpc) is 3.36. The molecule has 30 heavy (non-hydrogen) atoms. The van der Waals surface area contributed by atoms with E-state index < -0.39 is 0 Å². The van der Waals surface area contributed by atoms with Crippen molar-refractivity contribution in [1.29, 1.82) is 0 Å². The van der Waals surface area contributed by atoms with Crippen LogP contribution in [0.1, 0.15) is 45.2 Å². The van der Waals surface area contributed by atoms with E-state index in [1.807, 2.05) is 24.2 Å². The number of hydrogen-bond donors (Lipinski definition) is 3. The Bertz CT molecular complexity index is 873. The lowest BCUT2D eigenvalue weighted by Crippen LogP contribution is -2.39. The van der Waals surface area contributed by atoms with Gasteiger partial charge in [0.25, 0.3) is 0 Å². The lowest BCUT2D eigenvalue weighted by molar-refractivity contribution is 0.160. The number of nitrogens with zero attached hydrogens (tertiary/aromatic N) is 2. The third kappa shape index (κ3) is 6.33. The molecule has 1 aromatic heterocycles. The van der Waals surface area contributed by atoms with Gasteiger partial charge in [-0.1, -0.05) is 45.2 Å². The van der Waals surface area contributed by atoms with Crippen molar-refractivity contribution in [3.63, 3.8) is 0 Å². The van der Waals surface area contributed by atoms with Gasteiger partial charge in [-0.3, -0.25) is 0 Å². The molecule has 0 saturated carbocycles. The first-order chi connectivity index (χ1) is 14.3. The summed E-state index contributed by atoms with van der Waals surface area (Å²) in [6, 6.07) is 6.54. The Hall–Kier alpha value is -2.34. The molecule has 2 heterocycles. The molecule has 0 spiro atoms. The molecule has 0 atom stereocenters. The molecule has 2 aromatic rings. The summed E-state index contributed by atoms with van der Waals surface area (Å²) in [5.74, 6) is 0. The molecule has 1 aromatic carbocycles. The molecular formula is C25H38N4O. The summed E-state index contributed by atoms with van der Waals surface area (Å²) in [5.41, 5.74) is 10.7. The molecule has 164 valence electrons. The van der Waals surface area contributed by atoms with Crippen molar-refractivity contribution in [2.24, 2.45) is 5.41 Å². The molecule has 0 unspecified atom stereocenters. The van der Waals surface area contributed by atoms with Crippen LogP contribution < -0.4 is 10.9 Å². The van der Waals surface area contributed by atoms with E-state index in [0.29, 0.717) is 0 Å². The van der Waals surface area contributed by atoms with Crippen molar-refractivity contribution >= 4 is 16.5 Å². The van der Waals surface area contributed by atoms with Crippen LogP contribution in [0, 0.1) is 5.41 Å². The van der Waals surface area contributed by atoms with Crippen molar-refractivity contribution in [3.05, 3.63) is 67.0 Å². The van der Waals surface area contributed by atoms with Crippen LogP contribution in [-0.4, -0.2) is 34.5 Å². The van der Waals surface area contributed by atoms with E-state index in [1.165, 1.54) is 22.9 Å². The van der Waals surface area contributed by atoms with Gasteiger partial charge in [-0.2, -0.15) is 5.12 Å². The highest BCUT2D eigenvalue weighted by Gasteiger charge is 2.20. The van der Waals surface area contributed by atoms with E-state index in [4.69, 9.17) is 0 Å². The van der Waals surface area contributed by atoms with Gasteiger partial charge in [-0.15, -0.1) is 0 Å². The molecule has 3 rings (SSSR count). The normalized spacial score (nSPS) is 14.7. The monoisotopic (exact) mass is 410 g/mol. The number of rotatable bonds is 8. The fourth-order valence-electron chi connectivity index (χ4n) is 3.59. The van der Waals surface area contributed by atoms with Crippen LogP contribution in [0.15, 0.2) is 55.9 Å². The summed E-state index contributed by atoms with van der Waals surface area (Å²) in [6.07, 6.45) is 10.0. The van der Waals surface area contributed by atoms with Crippen LogP contribution in [-0.2, 0) is 13.0 Å². The molecule has 0 bridgehead atoms. The van der Waals surface area contributed by atoms with Crippen molar-refractivity contribution in [1.82, 2.24) is 20.5 Å². The molecule has 1 saturated heterocycles. The fraction of sp³-hybridized carbons (Fsp3) is 0.440. The number of hydrazine groups is 2. The van der Waals surface area contributed by atoms with Gasteiger partial charge >= 0.3 is 0 Å². The molecule has 0 amide bonds. The number of aliphatic hydroxyl groups is 1. The van der Waals surface area contributed by atoms with Crippen molar-refractivity contribution < 1.29 is 5.11 Å².